The molecule has 176 valence electrons. The number of nitrogens with one attached hydrogen (secondary N) is 2. The number of carbonyl (C=O) groups excluding carboxylic acids is 1. The molecule has 0 saturated heterocycles. The Morgan fingerprint density at radius 2 is 1.80 bits per heavy atom. The third-order valence-electron chi connectivity index (χ3n) is 5.23. The van der Waals surface area contributed by atoms with Crippen molar-refractivity contribution in [2.24, 2.45) is 0 Å². The molecule has 0 aliphatic heterocycles. The summed E-state index contributed by atoms with van der Waals surface area (Å²) in [6.45, 7) is 0. The van der Waals surface area contributed by atoms with Crippen molar-refractivity contribution >= 4 is 57.0 Å². The Hall–Kier alpha value is -3.63. The lowest BCUT2D eigenvalue weighted by Gasteiger charge is -2.12. The van der Waals surface area contributed by atoms with Crippen molar-refractivity contribution < 1.29 is 18.0 Å². The molecule has 0 atom stereocenters. The van der Waals surface area contributed by atoms with E-state index in [4.69, 9.17) is 11.6 Å². The number of amides is 1. The van der Waals surface area contributed by atoms with Crippen LogP contribution in [0, 0.1) is 0 Å². The van der Waals surface area contributed by atoms with E-state index < -0.39 is 17.6 Å². The molecule has 2 N–H and O–H groups in total. The van der Waals surface area contributed by atoms with Crippen LogP contribution in [0.4, 0.5) is 18.9 Å². The molecule has 0 bridgehead atoms. The van der Waals surface area contributed by atoms with Gasteiger partial charge < -0.3 is 10.3 Å². The Morgan fingerprint density at radius 1 is 1.03 bits per heavy atom. The quantitative estimate of drug-likeness (QED) is 0.255. The van der Waals surface area contributed by atoms with E-state index in [-0.39, 0.29) is 16.3 Å². The number of aromatic nitrogens is 4. The molecule has 3 aromatic carbocycles. The van der Waals surface area contributed by atoms with E-state index in [1.54, 1.807) is 24.3 Å². The fourth-order valence-electron chi connectivity index (χ4n) is 3.46. The molecule has 0 unspecified atom stereocenters. The van der Waals surface area contributed by atoms with Crippen LogP contribution in [0.2, 0.25) is 5.02 Å². The van der Waals surface area contributed by atoms with Crippen LogP contribution in [0.5, 0.6) is 0 Å². The minimum Gasteiger partial charge on any atom is -0.338 e. The fourth-order valence-corrected chi connectivity index (χ4v) is 4.37. The molecule has 2 heterocycles. The Balaban J connectivity index is 1.25. The number of thioether (sulfide) groups is 1. The highest BCUT2D eigenvalue weighted by Crippen LogP contribution is 2.34. The summed E-state index contributed by atoms with van der Waals surface area (Å²) >= 11 is 7.35. The lowest BCUT2D eigenvalue weighted by atomic mass is 10.1. The van der Waals surface area contributed by atoms with Gasteiger partial charge >= 0.3 is 6.18 Å². The van der Waals surface area contributed by atoms with Gasteiger partial charge in [-0.2, -0.15) is 13.2 Å². The van der Waals surface area contributed by atoms with Crippen LogP contribution < -0.4 is 5.32 Å². The predicted octanol–water partition coefficient (Wildman–Crippen LogP) is 6.72. The first-order chi connectivity index (χ1) is 16.8. The maximum Gasteiger partial charge on any atom is 0.416 e. The molecular weight excluding hydrogens is 499 g/mol. The highest BCUT2D eigenvalue weighted by molar-refractivity contribution is 7.98. The third kappa shape index (κ3) is 4.94. The number of H-pyrrole nitrogens is 1. The zero-order chi connectivity index (χ0) is 24.6. The number of para-hydroxylation sites is 1. The van der Waals surface area contributed by atoms with Crippen molar-refractivity contribution in [1.82, 2.24) is 20.2 Å². The van der Waals surface area contributed by atoms with Gasteiger partial charge in [0.15, 0.2) is 5.65 Å². The van der Waals surface area contributed by atoms with Crippen molar-refractivity contribution in [3.63, 3.8) is 0 Å². The lowest BCUT2D eigenvalue weighted by molar-refractivity contribution is -0.137. The van der Waals surface area contributed by atoms with Gasteiger partial charge in [-0.15, -0.1) is 10.2 Å². The summed E-state index contributed by atoms with van der Waals surface area (Å²) in [5.41, 5.74) is 2.49. The van der Waals surface area contributed by atoms with Crippen molar-refractivity contribution in [2.75, 3.05) is 5.32 Å². The summed E-state index contributed by atoms with van der Waals surface area (Å²) < 4.78 is 38.9. The summed E-state index contributed by atoms with van der Waals surface area (Å²) in [7, 11) is 0. The monoisotopic (exact) mass is 513 g/mol. The predicted molar refractivity (Wildman–Crippen MR) is 130 cm³/mol. The number of alkyl halides is 3. The van der Waals surface area contributed by atoms with E-state index in [0.717, 1.165) is 34.7 Å². The highest BCUT2D eigenvalue weighted by Gasteiger charge is 2.31. The van der Waals surface area contributed by atoms with E-state index in [0.29, 0.717) is 22.1 Å². The Kier molecular flexibility index (Phi) is 6.08. The van der Waals surface area contributed by atoms with Gasteiger partial charge in [-0.3, -0.25) is 4.79 Å². The topological polar surface area (TPSA) is 83.6 Å². The maximum absolute atomic E-state index is 13.0. The van der Waals surface area contributed by atoms with Gasteiger partial charge in [0.25, 0.3) is 5.91 Å². The average molecular weight is 514 g/mol. The number of hydrogen-bond donors (Lipinski definition) is 2. The maximum atomic E-state index is 13.0. The average Bonchev–Trinajstić information content (AvgIpc) is 3.21. The smallest absolute Gasteiger partial charge is 0.338 e. The van der Waals surface area contributed by atoms with Crippen LogP contribution >= 0.6 is 23.4 Å². The minimum atomic E-state index is -4.54. The molecule has 0 fully saturated rings. The number of aromatic amines is 1. The van der Waals surface area contributed by atoms with Crippen LogP contribution in [0.3, 0.4) is 0 Å². The largest absolute Gasteiger partial charge is 0.416 e. The van der Waals surface area contributed by atoms with E-state index in [2.05, 4.69) is 25.5 Å². The molecular formula is C24H15ClF3N5OS. The number of nitrogens with zero attached hydrogens (tertiary/aromatic N) is 3. The summed E-state index contributed by atoms with van der Waals surface area (Å²) in [5, 5.41) is 12.4. The molecule has 0 aliphatic carbocycles. The summed E-state index contributed by atoms with van der Waals surface area (Å²) in [5.74, 6) is -0.0309. The highest BCUT2D eigenvalue weighted by atomic mass is 35.5. The first kappa shape index (κ1) is 23.1. The zero-order valence-corrected chi connectivity index (χ0v) is 19.3. The molecule has 0 saturated carbocycles. The number of halogens is 4. The molecule has 2 aromatic heterocycles. The fraction of sp³-hybridized carbons (Fsp3) is 0.0833. The zero-order valence-electron chi connectivity index (χ0n) is 17.7. The summed E-state index contributed by atoms with van der Waals surface area (Å²) in [6, 6.07) is 17.2. The molecule has 11 heteroatoms. The minimum absolute atomic E-state index is 0.0138. The van der Waals surface area contributed by atoms with Crippen LogP contribution in [-0.2, 0) is 11.9 Å². The van der Waals surface area contributed by atoms with Gasteiger partial charge in [-0.25, -0.2) is 4.98 Å². The SMILES string of the molecule is O=C(Nc1cc(C(F)(F)F)ccc1Cl)c1ccc(CSc2nnc3c(n2)[nH]c2ccccc23)cc1. The molecule has 6 nitrogen and oxygen atoms in total. The Labute approximate surface area is 205 Å². The van der Waals surface area contributed by atoms with Gasteiger partial charge in [-0.05, 0) is 42.0 Å². The second-order valence-electron chi connectivity index (χ2n) is 7.59. The number of carbonyl (C=O) groups is 1. The van der Waals surface area contributed by atoms with Crippen LogP contribution in [0.1, 0.15) is 21.5 Å². The number of fused-ring (bicyclic) bond motifs is 3. The van der Waals surface area contributed by atoms with Crippen LogP contribution in [0.15, 0.2) is 71.9 Å². The molecule has 5 aromatic rings. The first-order valence-corrected chi connectivity index (χ1v) is 11.7. The first-order valence-electron chi connectivity index (χ1n) is 10.3. The van der Waals surface area contributed by atoms with E-state index in [1.165, 1.54) is 11.8 Å². The van der Waals surface area contributed by atoms with Crippen LogP contribution in [-0.4, -0.2) is 26.1 Å². The van der Waals surface area contributed by atoms with E-state index in [9.17, 15) is 18.0 Å². The standard InChI is InChI=1S/C24H15ClF3N5OS/c25-17-10-9-15(24(26,27)28)11-19(17)30-22(34)14-7-5-13(6-8-14)12-35-23-31-21-20(32-33-23)16-3-1-2-4-18(16)29-21/h1-11H,12H2,(H,30,34)(H,29,31,33). The van der Waals surface area contributed by atoms with Gasteiger partial charge in [0.2, 0.25) is 5.16 Å². The van der Waals surface area contributed by atoms with E-state index >= 15 is 0 Å². The second-order valence-corrected chi connectivity index (χ2v) is 8.94. The van der Waals surface area contributed by atoms with Crippen molar-refractivity contribution in [2.45, 2.75) is 17.1 Å². The normalized spacial score (nSPS) is 11.8. The number of anilines is 1. The molecule has 1 amide bonds. The number of hydrogen-bond acceptors (Lipinski definition) is 5. The van der Waals surface area contributed by atoms with Crippen molar-refractivity contribution in [1.29, 1.82) is 0 Å². The molecule has 0 radical (unpaired) electrons. The Morgan fingerprint density at radius 3 is 2.57 bits per heavy atom. The number of rotatable bonds is 5. The van der Waals surface area contributed by atoms with Crippen molar-refractivity contribution in [3.05, 3.63) is 88.4 Å². The number of benzene rings is 3. The van der Waals surface area contributed by atoms with Gasteiger partial charge in [0, 0.05) is 22.2 Å². The van der Waals surface area contributed by atoms with Gasteiger partial charge in [0.1, 0.15) is 5.52 Å². The lowest BCUT2D eigenvalue weighted by Crippen LogP contribution is -2.13. The third-order valence-corrected chi connectivity index (χ3v) is 6.47. The molecule has 35 heavy (non-hydrogen) atoms. The van der Waals surface area contributed by atoms with Crippen LogP contribution in [0.25, 0.3) is 22.1 Å². The second kappa shape index (κ2) is 9.20. The molecule has 0 spiro atoms. The molecule has 5 rings (SSSR count). The van der Waals surface area contributed by atoms with Gasteiger partial charge in [-0.1, -0.05) is 53.7 Å². The molecule has 0 aliphatic rings. The van der Waals surface area contributed by atoms with Gasteiger partial charge in [0.05, 0.1) is 16.3 Å². The van der Waals surface area contributed by atoms with E-state index in [1.807, 2.05) is 24.3 Å². The van der Waals surface area contributed by atoms with Crippen molar-refractivity contribution in [3.8, 4) is 0 Å². The Bertz CT molecular complexity index is 1550. The summed E-state index contributed by atoms with van der Waals surface area (Å²) in [4.78, 5) is 20.3. The summed E-state index contributed by atoms with van der Waals surface area (Å²) in [6.07, 6.45) is -4.54.